The molecule has 7 heteroatoms. The summed E-state index contributed by atoms with van der Waals surface area (Å²) in [6, 6.07) is 12.5. The number of nitriles is 1. The van der Waals surface area contributed by atoms with E-state index in [-0.39, 0.29) is 6.42 Å². The molecule has 118 valence electrons. The van der Waals surface area contributed by atoms with Gasteiger partial charge >= 0.3 is 5.97 Å². The molecule has 1 N–H and O–H groups in total. The van der Waals surface area contributed by atoms with Crippen LogP contribution in [0.2, 0.25) is 0 Å². The number of azo groups is 1. The van der Waals surface area contributed by atoms with Crippen molar-refractivity contribution in [3.63, 3.8) is 0 Å². The summed E-state index contributed by atoms with van der Waals surface area (Å²) in [4.78, 5) is 15.5. The summed E-state index contributed by atoms with van der Waals surface area (Å²) in [6.45, 7) is 1.89. The average molecular weight is 319 g/mol. The van der Waals surface area contributed by atoms with Gasteiger partial charge in [0.05, 0.1) is 29.4 Å². The van der Waals surface area contributed by atoms with Gasteiger partial charge in [-0.1, -0.05) is 12.1 Å². The second-order valence-corrected chi connectivity index (χ2v) is 5.20. The summed E-state index contributed by atoms with van der Waals surface area (Å²) in [5.41, 5.74) is 2.90. The van der Waals surface area contributed by atoms with Crippen molar-refractivity contribution in [2.24, 2.45) is 10.2 Å². The van der Waals surface area contributed by atoms with Gasteiger partial charge in [-0.15, -0.1) is 10.2 Å². The van der Waals surface area contributed by atoms with E-state index in [1.54, 1.807) is 34.9 Å². The van der Waals surface area contributed by atoms with Crippen LogP contribution in [0.3, 0.4) is 0 Å². The van der Waals surface area contributed by atoms with Crippen molar-refractivity contribution in [1.29, 1.82) is 5.26 Å². The summed E-state index contributed by atoms with van der Waals surface area (Å²) < 4.78 is 1.71. The van der Waals surface area contributed by atoms with Crippen LogP contribution in [-0.2, 0) is 11.2 Å². The maximum absolute atomic E-state index is 11.1. The Kier molecular flexibility index (Phi) is 4.03. The molecule has 0 bridgehead atoms. The third-order valence-corrected chi connectivity index (χ3v) is 3.44. The Morgan fingerprint density at radius 2 is 2.17 bits per heavy atom. The first-order valence-corrected chi connectivity index (χ1v) is 7.18. The van der Waals surface area contributed by atoms with Gasteiger partial charge in [-0.3, -0.25) is 9.20 Å². The first-order valence-electron chi connectivity index (χ1n) is 7.18. The van der Waals surface area contributed by atoms with Gasteiger partial charge in [0.25, 0.3) is 0 Å². The van der Waals surface area contributed by atoms with Crippen LogP contribution in [-0.4, -0.2) is 20.5 Å². The van der Waals surface area contributed by atoms with Gasteiger partial charge < -0.3 is 5.11 Å². The van der Waals surface area contributed by atoms with Crippen molar-refractivity contribution in [1.82, 2.24) is 9.38 Å². The van der Waals surface area contributed by atoms with Gasteiger partial charge in [0, 0.05) is 6.20 Å². The Morgan fingerprint density at radius 1 is 1.33 bits per heavy atom. The Balaban J connectivity index is 2.09. The zero-order valence-corrected chi connectivity index (χ0v) is 12.8. The lowest BCUT2D eigenvalue weighted by Gasteiger charge is -1.99. The van der Waals surface area contributed by atoms with Crippen LogP contribution >= 0.6 is 0 Å². The topological polar surface area (TPSA) is 103 Å². The molecule has 0 radical (unpaired) electrons. The number of aliphatic carboxylic acids is 1. The molecule has 2 aromatic heterocycles. The maximum Gasteiger partial charge on any atom is 0.309 e. The molecule has 0 amide bonds. The third kappa shape index (κ3) is 2.98. The number of benzene rings is 1. The Hall–Kier alpha value is -3.53. The zero-order valence-electron chi connectivity index (χ0n) is 12.8. The SMILES string of the molecule is Cc1cccn2c(N=Nc3cccc(C#N)c3)c(CC(=O)O)nc12. The van der Waals surface area contributed by atoms with E-state index in [4.69, 9.17) is 10.4 Å². The second kappa shape index (κ2) is 6.30. The van der Waals surface area contributed by atoms with Gasteiger partial charge in [0.2, 0.25) is 0 Å². The minimum Gasteiger partial charge on any atom is -0.481 e. The molecule has 0 aliphatic carbocycles. The van der Waals surface area contributed by atoms with Gasteiger partial charge in [-0.25, -0.2) is 4.98 Å². The van der Waals surface area contributed by atoms with Crippen molar-refractivity contribution in [2.75, 3.05) is 0 Å². The van der Waals surface area contributed by atoms with Crippen molar-refractivity contribution < 1.29 is 9.90 Å². The molecule has 0 saturated carbocycles. The fraction of sp³-hybridized carbons (Fsp3) is 0.118. The number of rotatable bonds is 4. The summed E-state index contributed by atoms with van der Waals surface area (Å²) in [5, 5.41) is 26.3. The van der Waals surface area contributed by atoms with E-state index in [0.717, 1.165) is 5.56 Å². The fourth-order valence-corrected chi connectivity index (χ4v) is 2.35. The highest BCUT2D eigenvalue weighted by atomic mass is 16.4. The highest BCUT2D eigenvalue weighted by Crippen LogP contribution is 2.26. The van der Waals surface area contributed by atoms with Crippen LogP contribution in [0.5, 0.6) is 0 Å². The molecule has 0 fully saturated rings. The number of nitrogens with zero attached hydrogens (tertiary/aromatic N) is 5. The van der Waals surface area contributed by atoms with Gasteiger partial charge in [-0.05, 0) is 36.8 Å². The Bertz CT molecular complexity index is 998. The molecule has 7 nitrogen and oxygen atoms in total. The number of hydrogen-bond donors (Lipinski definition) is 1. The molecular formula is C17H13N5O2. The van der Waals surface area contributed by atoms with E-state index in [1.807, 2.05) is 25.1 Å². The minimum absolute atomic E-state index is 0.242. The number of fused-ring (bicyclic) bond motifs is 1. The van der Waals surface area contributed by atoms with Crippen LogP contribution < -0.4 is 0 Å². The lowest BCUT2D eigenvalue weighted by atomic mass is 10.2. The van der Waals surface area contributed by atoms with Crippen LogP contribution in [0.15, 0.2) is 52.8 Å². The van der Waals surface area contributed by atoms with E-state index in [9.17, 15) is 4.79 Å². The Labute approximate surface area is 137 Å². The van der Waals surface area contributed by atoms with Crippen LogP contribution in [0.25, 0.3) is 5.65 Å². The lowest BCUT2D eigenvalue weighted by molar-refractivity contribution is -0.136. The first kappa shape index (κ1) is 15.4. The molecule has 2 heterocycles. The largest absolute Gasteiger partial charge is 0.481 e. The monoisotopic (exact) mass is 319 g/mol. The van der Waals surface area contributed by atoms with E-state index in [1.165, 1.54) is 0 Å². The van der Waals surface area contributed by atoms with E-state index in [2.05, 4.69) is 15.2 Å². The number of aryl methyl sites for hydroxylation is 1. The number of aromatic nitrogens is 2. The Morgan fingerprint density at radius 3 is 2.92 bits per heavy atom. The number of carboxylic acids is 1. The van der Waals surface area contributed by atoms with Gasteiger partial charge in [0.1, 0.15) is 5.65 Å². The highest BCUT2D eigenvalue weighted by Gasteiger charge is 2.16. The van der Waals surface area contributed by atoms with E-state index < -0.39 is 5.97 Å². The van der Waals surface area contributed by atoms with Crippen LogP contribution in [0.1, 0.15) is 16.8 Å². The third-order valence-electron chi connectivity index (χ3n) is 3.44. The predicted octanol–water partition coefficient (Wildman–Crippen LogP) is 3.56. The number of hydrogen-bond acceptors (Lipinski definition) is 5. The normalized spacial score (nSPS) is 11.0. The molecule has 1 aromatic carbocycles. The molecule has 0 aliphatic rings. The second-order valence-electron chi connectivity index (χ2n) is 5.20. The van der Waals surface area contributed by atoms with Gasteiger partial charge in [-0.2, -0.15) is 5.26 Å². The quantitative estimate of drug-likeness (QED) is 0.742. The summed E-state index contributed by atoms with van der Waals surface area (Å²) in [5.74, 6) is -0.613. The number of carbonyl (C=O) groups is 1. The molecule has 3 rings (SSSR count). The molecule has 24 heavy (non-hydrogen) atoms. The summed E-state index contributed by atoms with van der Waals surface area (Å²) in [7, 11) is 0. The lowest BCUT2D eigenvalue weighted by Crippen LogP contribution is -2.00. The smallest absolute Gasteiger partial charge is 0.309 e. The number of imidazole rings is 1. The predicted molar refractivity (Wildman–Crippen MR) is 86.6 cm³/mol. The standard InChI is InChI=1S/C17H13N5O2/c1-11-4-3-7-22-16(11)19-14(9-15(23)24)17(22)21-20-13-6-2-5-12(8-13)10-18/h2-8H,9H2,1H3,(H,23,24). The summed E-state index contributed by atoms with van der Waals surface area (Å²) >= 11 is 0. The van der Waals surface area contributed by atoms with Crippen molar-refractivity contribution in [3.8, 4) is 6.07 Å². The molecular weight excluding hydrogens is 306 g/mol. The fourth-order valence-electron chi connectivity index (χ4n) is 2.35. The minimum atomic E-state index is -0.987. The van der Waals surface area contributed by atoms with Crippen molar-refractivity contribution in [2.45, 2.75) is 13.3 Å². The number of pyridine rings is 1. The molecule has 3 aromatic rings. The van der Waals surface area contributed by atoms with Crippen LogP contribution in [0.4, 0.5) is 11.5 Å². The maximum atomic E-state index is 11.1. The summed E-state index contributed by atoms with van der Waals surface area (Å²) in [6.07, 6.45) is 1.52. The van der Waals surface area contributed by atoms with Crippen LogP contribution in [0, 0.1) is 18.3 Å². The van der Waals surface area contributed by atoms with Crippen molar-refractivity contribution in [3.05, 3.63) is 59.4 Å². The first-order chi connectivity index (χ1) is 11.6. The molecule has 0 unspecified atom stereocenters. The highest BCUT2D eigenvalue weighted by molar-refractivity contribution is 5.72. The average Bonchev–Trinajstić information content (AvgIpc) is 2.91. The molecule has 0 saturated heterocycles. The van der Waals surface area contributed by atoms with Crippen molar-refractivity contribution >= 4 is 23.1 Å². The molecule has 0 spiro atoms. The zero-order chi connectivity index (χ0) is 17.1. The molecule has 0 aliphatic heterocycles. The van der Waals surface area contributed by atoms with E-state index >= 15 is 0 Å². The number of carboxylic acid groups (broad SMARTS) is 1. The van der Waals surface area contributed by atoms with E-state index in [0.29, 0.717) is 28.4 Å². The van der Waals surface area contributed by atoms with Gasteiger partial charge in [0.15, 0.2) is 5.82 Å². The molecule has 0 atom stereocenters.